The van der Waals surface area contributed by atoms with Crippen LogP contribution in [0, 0.1) is 24.4 Å². The molecule has 2 nitrogen and oxygen atoms in total. The van der Waals surface area contributed by atoms with Gasteiger partial charge in [-0.3, -0.25) is 4.79 Å². The van der Waals surface area contributed by atoms with Crippen molar-refractivity contribution in [2.45, 2.75) is 6.92 Å². The van der Waals surface area contributed by atoms with Crippen LogP contribution in [0.4, 0.5) is 18.9 Å². The summed E-state index contributed by atoms with van der Waals surface area (Å²) < 4.78 is 39.6. The van der Waals surface area contributed by atoms with E-state index in [1.54, 1.807) is 6.92 Å². The number of rotatable bonds is 2. The van der Waals surface area contributed by atoms with Gasteiger partial charge in [-0.05, 0) is 52.7 Å². The zero-order valence-corrected chi connectivity index (χ0v) is 11.9. The first-order chi connectivity index (χ1) is 9.38. The minimum absolute atomic E-state index is 0.0862. The van der Waals surface area contributed by atoms with Gasteiger partial charge in [-0.2, -0.15) is 0 Å². The zero-order chi connectivity index (χ0) is 14.9. The summed E-state index contributed by atoms with van der Waals surface area (Å²) in [4.78, 5) is 12.0. The average molecular weight is 344 g/mol. The van der Waals surface area contributed by atoms with Crippen LogP contribution in [-0.4, -0.2) is 5.91 Å². The van der Waals surface area contributed by atoms with Gasteiger partial charge in [0, 0.05) is 16.1 Å². The van der Waals surface area contributed by atoms with Crippen molar-refractivity contribution in [3.05, 3.63) is 63.4 Å². The molecule has 0 aliphatic carbocycles. The molecule has 0 aliphatic rings. The van der Waals surface area contributed by atoms with Gasteiger partial charge in [0.25, 0.3) is 5.91 Å². The van der Waals surface area contributed by atoms with Gasteiger partial charge in [0.05, 0.1) is 5.69 Å². The second-order valence-corrected chi connectivity index (χ2v) is 5.01. The molecular formula is C14H9BrF3NO. The monoisotopic (exact) mass is 343 g/mol. The first kappa shape index (κ1) is 14.6. The molecule has 2 aromatic rings. The van der Waals surface area contributed by atoms with Crippen LogP contribution in [0.5, 0.6) is 0 Å². The molecular weight excluding hydrogens is 335 g/mol. The minimum atomic E-state index is -0.898. The Morgan fingerprint density at radius 1 is 1.10 bits per heavy atom. The lowest BCUT2D eigenvalue weighted by Crippen LogP contribution is -2.15. The third kappa shape index (κ3) is 3.01. The highest BCUT2D eigenvalue weighted by Gasteiger charge is 2.15. The second kappa shape index (κ2) is 5.66. The van der Waals surface area contributed by atoms with Gasteiger partial charge in [-0.15, -0.1) is 0 Å². The minimum Gasteiger partial charge on any atom is -0.319 e. The molecule has 0 unspecified atom stereocenters. The summed E-state index contributed by atoms with van der Waals surface area (Å²) in [5, 5.41) is 2.33. The van der Waals surface area contributed by atoms with E-state index >= 15 is 0 Å². The fraction of sp³-hybridized carbons (Fsp3) is 0.0714. The maximum Gasteiger partial charge on any atom is 0.256 e. The standard InChI is InChI=1S/C14H9BrF3NO/c1-7-4-8(16)2-3-10(7)14(20)19-13-11(15)5-9(17)6-12(13)18/h2-6H,1H3,(H,19,20). The quantitative estimate of drug-likeness (QED) is 0.858. The van der Waals surface area contributed by atoms with E-state index in [-0.39, 0.29) is 15.7 Å². The van der Waals surface area contributed by atoms with E-state index in [0.29, 0.717) is 11.6 Å². The molecule has 0 radical (unpaired) electrons. The second-order valence-electron chi connectivity index (χ2n) is 4.16. The molecule has 0 saturated heterocycles. The van der Waals surface area contributed by atoms with Gasteiger partial charge in [-0.1, -0.05) is 0 Å². The van der Waals surface area contributed by atoms with E-state index in [2.05, 4.69) is 21.2 Å². The van der Waals surface area contributed by atoms with E-state index in [0.717, 1.165) is 12.1 Å². The summed E-state index contributed by atoms with van der Waals surface area (Å²) in [5.74, 6) is -2.72. The number of hydrogen-bond acceptors (Lipinski definition) is 1. The fourth-order valence-corrected chi connectivity index (χ4v) is 2.23. The van der Waals surface area contributed by atoms with Crippen LogP contribution < -0.4 is 5.32 Å². The molecule has 0 aliphatic heterocycles. The topological polar surface area (TPSA) is 29.1 Å². The number of amides is 1. The van der Waals surface area contributed by atoms with Gasteiger partial charge < -0.3 is 5.32 Å². The van der Waals surface area contributed by atoms with Crippen molar-refractivity contribution < 1.29 is 18.0 Å². The fourth-order valence-electron chi connectivity index (χ4n) is 1.72. The summed E-state index contributed by atoms with van der Waals surface area (Å²) in [6.07, 6.45) is 0. The van der Waals surface area contributed by atoms with Gasteiger partial charge in [0.15, 0.2) is 5.82 Å². The maximum absolute atomic E-state index is 13.6. The number of benzene rings is 2. The molecule has 0 aromatic heterocycles. The van der Waals surface area contributed by atoms with Crippen LogP contribution in [-0.2, 0) is 0 Å². The van der Waals surface area contributed by atoms with E-state index < -0.39 is 23.4 Å². The first-order valence-electron chi connectivity index (χ1n) is 5.60. The maximum atomic E-state index is 13.6. The summed E-state index contributed by atoms with van der Waals surface area (Å²) in [6, 6.07) is 5.34. The zero-order valence-electron chi connectivity index (χ0n) is 10.3. The molecule has 0 saturated carbocycles. The Balaban J connectivity index is 2.33. The molecule has 2 aromatic carbocycles. The van der Waals surface area contributed by atoms with Crippen molar-refractivity contribution in [3.8, 4) is 0 Å². The van der Waals surface area contributed by atoms with Crippen molar-refractivity contribution in [1.29, 1.82) is 0 Å². The summed E-state index contributed by atoms with van der Waals surface area (Å²) in [6.45, 7) is 1.56. The Morgan fingerprint density at radius 2 is 1.80 bits per heavy atom. The number of carbonyl (C=O) groups excluding carboxylic acids is 1. The normalized spacial score (nSPS) is 10.4. The predicted molar refractivity (Wildman–Crippen MR) is 73.1 cm³/mol. The lowest BCUT2D eigenvalue weighted by molar-refractivity contribution is 0.102. The Morgan fingerprint density at radius 3 is 2.40 bits per heavy atom. The lowest BCUT2D eigenvalue weighted by Gasteiger charge is -2.10. The smallest absolute Gasteiger partial charge is 0.256 e. The number of aryl methyl sites for hydroxylation is 1. The summed E-state index contributed by atoms with van der Waals surface area (Å²) >= 11 is 2.97. The predicted octanol–water partition coefficient (Wildman–Crippen LogP) is 4.43. The van der Waals surface area contributed by atoms with Crippen LogP contribution in [0.15, 0.2) is 34.8 Å². The number of anilines is 1. The van der Waals surface area contributed by atoms with Crippen molar-refractivity contribution in [2.24, 2.45) is 0 Å². The van der Waals surface area contributed by atoms with Crippen molar-refractivity contribution in [3.63, 3.8) is 0 Å². The Bertz CT molecular complexity index is 665. The lowest BCUT2D eigenvalue weighted by atomic mass is 10.1. The van der Waals surface area contributed by atoms with Crippen molar-refractivity contribution >= 4 is 27.5 Å². The molecule has 0 bridgehead atoms. The Kier molecular flexibility index (Phi) is 4.13. The molecule has 0 fully saturated rings. The van der Waals surface area contributed by atoms with Gasteiger partial charge in [0.2, 0.25) is 0 Å². The Labute approximate surface area is 121 Å². The molecule has 0 heterocycles. The van der Waals surface area contributed by atoms with Crippen LogP contribution in [0.3, 0.4) is 0 Å². The van der Waals surface area contributed by atoms with Gasteiger partial charge in [-0.25, -0.2) is 13.2 Å². The number of carbonyl (C=O) groups is 1. The van der Waals surface area contributed by atoms with Gasteiger partial charge in [0.1, 0.15) is 11.6 Å². The SMILES string of the molecule is Cc1cc(F)ccc1C(=O)Nc1c(F)cc(F)cc1Br. The number of nitrogens with one attached hydrogen (secondary N) is 1. The molecule has 1 amide bonds. The summed E-state index contributed by atoms with van der Waals surface area (Å²) in [5.41, 5.74) is 0.461. The van der Waals surface area contributed by atoms with Crippen molar-refractivity contribution in [1.82, 2.24) is 0 Å². The molecule has 6 heteroatoms. The molecule has 20 heavy (non-hydrogen) atoms. The summed E-state index contributed by atoms with van der Waals surface area (Å²) in [7, 11) is 0. The number of halogens is 4. The highest BCUT2D eigenvalue weighted by molar-refractivity contribution is 9.10. The highest BCUT2D eigenvalue weighted by atomic mass is 79.9. The van der Waals surface area contributed by atoms with Crippen molar-refractivity contribution in [2.75, 3.05) is 5.32 Å². The number of hydrogen-bond donors (Lipinski definition) is 1. The van der Waals surface area contributed by atoms with Gasteiger partial charge >= 0.3 is 0 Å². The third-order valence-corrected chi connectivity index (χ3v) is 3.30. The highest BCUT2D eigenvalue weighted by Crippen LogP contribution is 2.27. The molecule has 104 valence electrons. The van der Waals surface area contributed by atoms with Crippen LogP contribution >= 0.6 is 15.9 Å². The van der Waals surface area contributed by atoms with E-state index in [1.807, 2.05) is 0 Å². The average Bonchev–Trinajstić information content (AvgIpc) is 2.33. The Hall–Kier alpha value is -1.82. The van der Waals surface area contributed by atoms with E-state index in [9.17, 15) is 18.0 Å². The van der Waals surface area contributed by atoms with E-state index in [1.165, 1.54) is 12.1 Å². The molecule has 2 rings (SSSR count). The van der Waals surface area contributed by atoms with Crippen LogP contribution in [0.1, 0.15) is 15.9 Å². The molecule has 0 spiro atoms. The third-order valence-electron chi connectivity index (χ3n) is 2.68. The largest absolute Gasteiger partial charge is 0.319 e. The van der Waals surface area contributed by atoms with Crippen LogP contribution in [0.25, 0.3) is 0 Å². The molecule has 0 atom stereocenters. The van der Waals surface area contributed by atoms with E-state index in [4.69, 9.17) is 0 Å². The first-order valence-corrected chi connectivity index (χ1v) is 6.40. The van der Waals surface area contributed by atoms with Crippen LogP contribution in [0.2, 0.25) is 0 Å². The molecule has 1 N–H and O–H groups in total.